The van der Waals surface area contributed by atoms with E-state index in [1.54, 1.807) is 0 Å². The van der Waals surface area contributed by atoms with E-state index in [4.69, 9.17) is 4.74 Å². The van der Waals surface area contributed by atoms with Gasteiger partial charge in [0.05, 0.1) is 0 Å². The minimum Gasteiger partial charge on any atom is -0.484 e. The maximum Gasteiger partial charge on any atom is 0.264 e. The monoisotopic (exact) mass is 355 g/mol. The third kappa shape index (κ3) is 5.22. The van der Waals surface area contributed by atoms with Gasteiger partial charge in [-0.25, -0.2) is 4.39 Å². The first-order chi connectivity index (χ1) is 12.2. The summed E-state index contributed by atoms with van der Waals surface area (Å²) in [5.41, 5.74) is 1.05. The molecule has 3 aromatic rings. The summed E-state index contributed by atoms with van der Waals surface area (Å²) in [4.78, 5) is 11.9. The Balaban J connectivity index is 1.51. The number of hydrogen-bond acceptors (Lipinski definition) is 5. The van der Waals surface area contributed by atoms with E-state index < -0.39 is 0 Å². The van der Waals surface area contributed by atoms with Gasteiger partial charge in [-0.05, 0) is 35.9 Å². The first kappa shape index (κ1) is 16.8. The minimum absolute atomic E-state index is 0.194. The van der Waals surface area contributed by atoms with Gasteiger partial charge in [0.15, 0.2) is 6.61 Å². The first-order valence-corrected chi connectivity index (χ1v) is 8.25. The van der Waals surface area contributed by atoms with Gasteiger partial charge in [-0.1, -0.05) is 47.7 Å². The Labute approximate surface area is 147 Å². The fourth-order valence-corrected chi connectivity index (χ4v) is 2.58. The number of aromatic nitrogens is 2. The van der Waals surface area contributed by atoms with Crippen LogP contribution >= 0.6 is 11.3 Å². The topological polar surface area (TPSA) is 64.1 Å². The lowest BCUT2D eigenvalue weighted by molar-refractivity contribution is -0.118. The van der Waals surface area contributed by atoms with Crippen molar-refractivity contribution in [1.82, 2.24) is 10.2 Å². The summed E-state index contributed by atoms with van der Waals surface area (Å²) < 4.78 is 18.1. The predicted molar refractivity (Wildman–Crippen MR) is 95.8 cm³/mol. The normalized spacial score (nSPS) is 10.8. The van der Waals surface area contributed by atoms with Gasteiger partial charge in [-0.15, -0.1) is 10.2 Å². The van der Waals surface area contributed by atoms with E-state index >= 15 is 0 Å². The van der Waals surface area contributed by atoms with Crippen molar-refractivity contribution in [2.45, 2.75) is 0 Å². The van der Waals surface area contributed by atoms with E-state index in [9.17, 15) is 9.18 Å². The number of rotatable bonds is 6. The lowest BCUT2D eigenvalue weighted by Gasteiger charge is -2.05. The highest BCUT2D eigenvalue weighted by atomic mass is 32.1. The van der Waals surface area contributed by atoms with Crippen LogP contribution < -0.4 is 10.1 Å². The summed E-state index contributed by atoms with van der Waals surface area (Å²) in [7, 11) is 0. The van der Waals surface area contributed by atoms with Crippen LogP contribution in [-0.2, 0) is 4.79 Å². The van der Waals surface area contributed by atoms with E-state index in [1.165, 1.54) is 35.6 Å². The highest BCUT2D eigenvalue weighted by Crippen LogP contribution is 2.18. The Morgan fingerprint density at radius 3 is 2.60 bits per heavy atom. The van der Waals surface area contributed by atoms with Crippen LogP contribution in [0.3, 0.4) is 0 Å². The number of benzene rings is 2. The van der Waals surface area contributed by atoms with Gasteiger partial charge in [0.1, 0.15) is 16.6 Å². The van der Waals surface area contributed by atoms with Crippen LogP contribution in [0.4, 0.5) is 9.52 Å². The Bertz CT molecular complexity index is 864. The van der Waals surface area contributed by atoms with Crippen molar-refractivity contribution in [3.8, 4) is 5.75 Å². The molecule has 0 saturated carbocycles. The molecule has 1 heterocycles. The molecule has 0 radical (unpaired) electrons. The number of amides is 1. The van der Waals surface area contributed by atoms with Crippen molar-refractivity contribution < 1.29 is 13.9 Å². The molecular weight excluding hydrogens is 341 g/mol. The molecule has 25 heavy (non-hydrogen) atoms. The van der Waals surface area contributed by atoms with Gasteiger partial charge in [-0.3, -0.25) is 10.1 Å². The maximum absolute atomic E-state index is 12.8. The number of hydrogen-bond donors (Lipinski definition) is 1. The number of nitrogens with zero attached hydrogens (tertiary/aromatic N) is 2. The molecule has 1 aromatic heterocycles. The van der Waals surface area contributed by atoms with Crippen molar-refractivity contribution in [2.24, 2.45) is 0 Å². The molecule has 0 spiro atoms. The fourth-order valence-electron chi connectivity index (χ4n) is 1.92. The van der Waals surface area contributed by atoms with Crippen LogP contribution in [0.25, 0.3) is 12.2 Å². The van der Waals surface area contributed by atoms with Gasteiger partial charge < -0.3 is 4.74 Å². The second kappa shape index (κ2) is 8.16. The molecule has 7 heteroatoms. The molecule has 0 aliphatic rings. The fraction of sp³-hybridized carbons (Fsp3) is 0.0556. The van der Waals surface area contributed by atoms with Gasteiger partial charge in [0, 0.05) is 0 Å². The van der Waals surface area contributed by atoms with Crippen LogP contribution in [0, 0.1) is 5.82 Å². The summed E-state index contributed by atoms with van der Waals surface area (Å²) >= 11 is 1.26. The molecule has 0 fully saturated rings. The van der Waals surface area contributed by atoms with Crippen molar-refractivity contribution >= 4 is 34.5 Å². The highest BCUT2D eigenvalue weighted by molar-refractivity contribution is 7.16. The number of anilines is 1. The van der Waals surface area contributed by atoms with Gasteiger partial charge in [0.2, 0.25) is 5.13 Å². The first-order valence-electron chi connectivity index (χ1n) is 7.44. The number of nitrogens with one attached hydrogen (secondary N) is 1. The molecule has 1 N–H and O–H groups in total. The predicted octanol–water partition coefficient (Wildman–Crippen LogP) is 3.87. The number of ether oxygens (including phenoxy) is 1. The quantitative estimate of drug-likeness (QED) is 0.729. The Morgan fingerprint density at radius 1 is 1.08 bits per heavy atom. The molecule has 0 aliphatic carbocycles. The summed E-state index contributed by atoms with van der Waals surface area (Å²) in [6.45, 7) is -0.194. The molecule has 0 atom stereocenters. The smallest absolute Gasteiger partial charge is 0.264 e. The molecule has 0 unspecified atom stereocenters. The number of carbonyl (C=O) groups excluding carboxylic acids is 1. The lowest BCUT2D eigenvalue weighted by atomic mass is 10.2. The van der Waals surface area contributed by atoms with E-state index in [1.807, 2.05) is 42.5 Å². The molecule has 2 aromatic carbocycles. The Morgan fingerprint density at radius 2 is 1.84 bits per heavy atom. The van der Waals surface area contributed by atoms with Crippen molar-refractivity contribution in [2.75, 3.05) is 11.9 Å². The molecule has 3 rings (SSSR count). The zero-order chi connectivity index (χ0) is 17.5. The zero-order valence-electron chi connectivity index (χ0n) is 13.1. The number of carbonyl (C=O) groups is 1. The second-order valence-corrected chi connectivity index (χ2v) is 5.99. The average molecular weight is 355 g/mol. The third-order valence-electron chi connectivity index (χ3n) is 3.09. The van der Waals surface area contributed by atoms with Crippen LogP contribution in [-0.4, -0.2) is 22.7 Å². The van der Waals surface area contributed by atoms with E-state index in [0.717, 1.165) is 5.56 Å². The van der Waals surface area contributed by atoms with Gasteiger partial charge in [-0.2, -0.15) is 0 Å². The lowest BCUT2D eigenvalue weighted by Crippen LogP contribution is -2.20. The molecule has 0 saturated heterocycles. The van der Waals surface area contributed by atoms with Crippen LogP contribution in [0.15, 0.2) is 54.6 Å². The zero-order valence-corrected chi connectivity index (χ0v) is 13.9. The molecule has 5 nitrogen and oxygen atoms in total. The molecular formula is C18H14FN3O2S. The highest BCUT2D eigenvalue weighted by Gasteiger charge is 2.08. The SMILES string of the molecule is O=C(COc1ccc(F)cc1)Nc1nnc(/C=C/c2ccccc2)s1. The summed E-state index contributed by atoms with van der Waals surface area (Å²) in [6.07, 6.45) is 3.75. The van der Waals surface area contributed by atoms with E-state index in [-0.39, 0.29) is 18.3 Å². The molecule has 126 valence electrons. The largest absolute Gasteiger partial charge is 0.484 e. The van der Waals surface area contributed by atoms with Crippen LogP contribution in [0.5, 0.6) is 5.75 Å². The van der Waals surface area contributed by atoms with E-state index in [0.29, 0.717) is 15.9 Å². The van der Waals surface area contributed by atoms with Crippen LogP contribution in [0.2, 0.25) is 0 Å². The molecule has 0 bridgehead atoms. The second-order valence-electron chi connectivity index (χ2n) is 4.98. The van der Waals surface area contributed by atoms with Crippen LogP contribution in [0.1, 0.15) is 10.6 Å². The van der Waals surface area contributed by atoms with Crippen molar-refractivity contribution in [3.05, 3.63) is 71.0 Å². The van der Waals surface area contributed by atoms with Crippen molar-refractivity contribution in [1.29, 1.82) is 0 Å². The molecule has 1 amide bonds. The summed E-state index contributed by atoms with van der Waals surface area (Å²) in [5, 5.41) is 11.6. The summed E-state index contributed by atoms with van der Waals surface area (Å²) in [5.74, 6) is -0.305. The number of halogens is 1. The standard InChI is InChI=1S/C18H14FN3O2S/c19-14-7-9-15(10-8-14)24-12-16(23)20-18-22-21-17(25-18)11-6-13-4-2-1-3-5-13/h1-11H,12H2,(H,20,22,23)/b11-6+. The van der Waals surface area contributed by atoms with Gasteiger partial charge in [0.25, 0.3) is 5.91 Å². The maximum atomic E-state index is 12.8. The van der Waals surface area contributed by atoms with Gasteiger partial charge >= 0.3 is 0 Å². The minimum atomic E-state index is -0.362. The van der Waals surface area contributed by atoms with E-state index in [2.05, 4.69) is 15.5 Å². The molecule has 0 aliphatic heterocycles. The Hall–Kier alpha value is -3.06. The van der Waals surface area contributed by atoms with Crippen molar-refractivity contribution in [3.63, 3.8) is 0 Å². The average Bonchev–Trinajstić information content (AvgIpc) is 3.08. The Kier molecular flexibility index (Phi) is 5.48. The summed E-state index contributed by atoms with van der Waals surface area (Å²) in [6, 6.07) is 15.3. The third-order valence-corrected chi connectivity index (χ3v) is 3.89.